The molecule has 41 heavy (non-hydrogen) atoms. The number of anilines is 1. The molecule has 1 aliphatic heterocycles. The van der Waals surface area contributed by atoms with Crippen LogP contribution in [0.2, 0.25) is 0 Å². The van der Waals surface area contributed by atoms with Gasteiger partial charge in [-0.1, -0.05) is 18.2 Å². The highest BCUT2D eigenvalue weighted by molar-refractivity contribution is 8.18. The summed E-state index contributed by atoms with van der Waals surface area (Å²) < 4.78 is 16.9. The predicted molar refractivity (Wildman–Crippen MR) is 154 cm³/mol. The third-order valence-electron chi connectivity index (χ3n) is 5.71. The zero-order valence-electron chi connectivity index (χ0n) is 22.3. The molecule has 1 heterocycles. The van der Waals surface area contributed by atoms with E-state index in [1.807, 2.05) is 6.92 Å². The van der Waals surface area contributed by atoms with E-state index in [1.54, 1.807) is 67.6 Å². The highest BCUT2D eigenvalue weighted by atomic mass is 32.2. The minimum absolute atomic E-state index is 0.0333. The molecule has 212 valence electrons. The van der Waals surface area contributed by atoms with Crippen LogP contribution in [0.25, 0.3) is 6.08 Å². The summed E-state index contributed by atoms with van der Waals surface area (Å²) in [7, 11) is 0. The van der Waals surface area contributed by atoms with E-state index in [9.17, 15) is 24.5 Å². The van der Waals surface area contributed by atoms with Crippen molar-refractivity contribution in [3.8, 4) is 17.2 Å². The molecule has 0 radical (unpaired) electrons. The molecule has 11 nitrogen and oxygen atoms in total. The molecule has 3 amide bonds. The summed E-state index contributed by atoms with van der Waals surface area (Å²) in [5.41, 5.74) is 1.68. The first-order valence-corrected chi connectivity index (χ1v) is 13.5. The molecule has 0 bridgehead atoms. The van der Waals surface area contributed by atoms with Gasteiger partial charge in [-0.2, -0.15) is 0 Å². The molecule has 0 unspecified atom stereocenters. The first-order chi connectivity index (χ1) is 19.8. The van der Waals surface area contributed by atoms with Crippen LogP contribution in [-0.2, 0) is 16.2 Å². The van der Waals surface area contributed by atoms with Gasteiger partial charge in [-0.25, -0.2) is 0 Å². The first kappa shape index (κ1) is 29.2. The van der Waals surface area contributed by atoms with Crippen molar-refractivity contribution in [3.05, 3.63) is 92.9 Å². The summed E-state index contributed by atoms with van der Waals surface area (Å²) in [6, 6.07) is 17.9. The second-order valence-electron chi connectivity index (χ2n) is 8.63. The fourth-order valence-electron chi connectivity index (χ4n) is 3.86. The van der Waals surface area contributed by atoms with Crippen LogP contribution in [0, 0.1) is 10.1 Å². The zero-order valence-corrected chi connectivity index (χ0v) is 23.1. The van der Waals surface area contributed by atoms with Gasteiger partial charge in [0.2, 0.25) is 5.91 Å². The first-order valence-electron chi connectivity index (χ1n) is 12.7. The van der Waals surface area contributed by atoms with Crippen LogP contribution in [0.15, 0.2) is 71.6 Å². The van der Waals surface area contributed by atoms with Gasteiger partial charge in [0.15, 0.2) is 11.5 Å². The average molecular weight is 578 g/mol. The Bertz CT molecular complexity index is 1490. The summed E-state index contributed by atoms with van der Waals surface area (Å²) in [5, 5.41) is 13.2. The van der Waals surface area contributed by atoms with Gasteiger partial charge in [-0.3, -0.25) is 29.4 Å². The number of hydrogen-bond acceptors (Lipinski definition) is 9. The van der Waals surface area contributed by atoms with Crippen LogP contribution in [-0.4, -0.2) is 46.6 Å². The van der Waals surface area contributed by atoms with Crippen LogP contribution < -0.4 is 19.5 Å². The van der Waals surface area contributed by atoms with Crippen molar-refractivity contribution in [3.63, 3.8) is 0 Å². The predicted octanol–water partition coefficient (Wildman–Crippen LogP) is 5.65. The molecule has 1 aliphatic rings. The van der Waals surface area contributed by atoms with Crippen molar-refractivity contribution in [2.45, 2.75) is 20.5 Å². The molecule has 0 atom stereocenters. The summed E-state index contributed by atoms with van der Waals surface area (Å²) in [4.78, 5) is 49.6. The molecule has 3 aromatic rings. The fraction of sp³-hybridized carbons (Fsp3) is 0.207. The second-order valence-corrected chi connectivity index (χ2v) is 9.62. The van der Waals surface area contributed by atoms with Crippen LogP contribution in [0.5, 0.6) is 17.2 Å². The van der Waals surface area contributed by atoms with Gasteiger partial charge in [-0.15, -0.1) is 0 Å². The maximum atomic E-state index is 13.0. The van der Waals surface area contributed by atoms with Crippen LogP contribution in [0.4, 0.5) is 16.2 Å². The number of nitro benzene ring substituents is 1. The second kappa shape index (κ2) is 13.5. The van der Waals surface area contributed by atoms with E-state index in [-0.39, 0.29) is 17.2 Å². The van der Waals surface area contributed by atoms with Gasteiger partial charge in [0.05, 0.1) is 23.0 Å². The number of nitrogens with zero attached hydrogens (tertiary/aromatic N) is 2. The van der Waals surface area contributed by atoms with E-state index in [1.165, 1.54) is 12.1 Å². The van der Waals surface area contributed by atoms with Crippen LogP contribution in [0.3, 0.4) is 0 Å². The highest BCUT2D eigenvalue weighted by Gasteiger charge is 2.36. The monoisotopic (exact) mass is 577 g/mol. The molecule has 1 fully saturated rings. The van der Waals surface area contributed by atoms with E-state index in [0.29, 0.717) is 47.3 Å². The average Bonchev–Trinajstić information content (AvgIpc) is 3.21. The Morgan fingerprint density at radius 2 is 1.73 bits per heavy atom. The van der Waals surface area contributed by atoms with Crippen molar-refractivity contribution in [1.82, 2.24) is 4.90 Å². The van der Waals surface area contributed by atoms with E-state index in [0.717, 1.165) is 16.7 Å². The van der Waals surface area contributed by atoms with Crippen molar-refractivity contribution in [2.75, 3.05) is 25.1 Å². The van der Waals surface area contributed by atoms with Gasteiger partial charge < -0.3 is 19.5 Å². The quantitative estimate of drug-likeness (QED) is 0.164. The number of carbonyl (C=O) groups excluding carboxylic acids is 3. The lowest BCUT2D eigenvalue weighted by atomic mass is 10.1. The Morgan fingerprint density at radius 1 is 0.976 bits per heavy atom. The molecule has 3 aromatic carbocycles. The Morgan fingerprint density at radius 3 is 2.44 bits per heavy atom. The number of hydrogen-bond donors (Lipinski definition) is 1. The van der Waals surface area contributed by atoms with Gasteiger partial charge >= 0.3 is 0 Å². The van der Waals surface area contributed by atoms with Crippen molar-refractivity contribution >= 4 is 46.3 Å². The summed E-state index contributed by atoms with van der Waals surface area (Å²) in [6.07, 6.45) is 1.54. The topological polar surface area (TPSA) is 137 Å². The Labute approximate surface area is 240 Å². The van der Waals surface area contributed by atoms with Gasteiger partial charge in [-0.05, 0) is 79.2 Å². The van der Waals surface area contributed by atoms with Gasteiger partial charge in [0.1, 0.15) is 18.9 Å². The van der Waals surface area contributed by atoms with Crippen LogP contribution in [0.1, 0.15) is 25.0 Å². The number of nitrogens with one attached hydrogen (secondary N) is 1. The van der Waals surface area contributed by atoms with E-state index in [2.05, 4.69) is 5.32 Å². The number of nitro groups is 1. The number of carbonyl (C=O) groups is 3. The standard InChI is InChI=1S/C29H27N3O8S/c1-3-38-23-11-9-21(10-12-23)30-27(33)17-31-28(34)26(41-29(31)35)16-19-8-13-24(25(15-19)39-4-2)40-18-20-6-5-7-22(14-20)32(36)37/h5-16H,3-4,17-18H2,1-2H3,(H,30,33)/b26-16+. The third kappa shape index (κ3) is 7.63. The Hall–Kier alpha value is -4.84. The lowest BCUT2D eigenvalue weighted by molar-refractivity contribution is -0.384. The van der Waals surface area contributed by atoms with Crippen LogP contribution >= 0.6 is 11.8 Å². The van der Waals surface area contributed by atoms with Crippen molar-refractivity contribution in [2.24, 2.45) is 0 Å². The number of ether oxygens (including phenoxy) is 3. The normalized spacial score (nSPS) is 13.8. The number of benzene rings is 3. The number of non-ortho nitro benzene ring substituents is 1. The molecule has 12 heteroatoms. The molecule has 1 saturated heterocycles. The van der Waals surface area contributed by atoms with Crippen molar-refractivity contribution in [1.29, 1.82) is 0 Å². The molecule has 1 N–H and O–H groups in total. The smallest absolute Gasteiger partial charge is 0.294 e. The van der Waals surface area contributed by atoms with E-state index < -0.39 is 28.5 Å². The number of thioether (sulfide) groups is 1. The summed E-state index contributed by atoms with van der Waals surface area (Å²) in [5.74, 6) is 0.388. The fourth-order valence-corrected chi connectivity index (χ4v) is 4.69. The number of imide groups is 1. The van der Waals surface area contributed by atoms with Crippen molar-refractivity contribution < 1.29 is 33.5 Å². The molecule has 0 spiro atoms. The maximum absolute atomic E-state index is 13.0. The minimum Gasteiger partial charge on any atom is -0.494 e. The third-order valence-corrected chi connectivity index (χ3v) is 6.61. The summed E-state index contributed by atoms with van der Waals surface area (Å²) in [6.45, 7) is 4.19. The molecule has 0 saturated carbocycles. The number of amides is 3. The Kier molecular flexibility index (Phi) is 9.59. The molecule has 0 aromatic heterocycles. The maximum Gasteiger partial charge on any atom is 0.294 e. The SMILES string of the molecule is CCOc1ccc(NC(=O)CN2C(=O)S/C(=C/c3ccc(OCc4cccc([N+](=O)[O-])c4)c(OCC)c3)C2=O)cc1. The van der Waals surface area contributed by atoms with Gasteiger partial charge in [0.25, 0.3) is 16.8 Å². The molecular formula is C29H27N3O8S. The lowest BCUT2D eigenvalue weighted by Gasteiger charge is -2.13. The zero-order chi connectivity index (χ0) is 29.4. The summed E-state index contributed by atoms with van der Waals surface area (Å²) >= 11 is 0.742. The number of rotatable bonds is 12. The largest absolute Gasteiger partial charge is 0.494 e. The lowest BCUT2D eigenvalue weighted by Crippen LogP contribution is -2.36. The molecule has 0 aliphatic carbocycles. The minimum atomic E-state index is -0.578. The van der Waals surface area contributed by atoms with E-state index in [4.69, 9.17) is 14.2 Å². The molecule has 4 rings (SSSR count). The van der Waals surface area contributed by atoms with Gasteiger partial charge in [0, 0.05) is 17.8 Å². The van der Waals surface area contributed by atoms with E-state index >= 15 is 0 Å². The highest BCUT2D eigenvalue weighted by Crippen LogP contribution is 2.35. The Balaban J connectivity index is 1.42. The molecular weight excluding hydrogens is 550 g/mol.